The minimum absolute atomic E-state index is 0.436. The zero-order chi connectivity index (χ0) is 17.6. The van der Waals surface area contributed by atoms with Gasteiger partial charge in [-0.15, -0.1) is 0 Å². The topological polar surface area (TPSA) is 48.0 Å². The van der Waals surface area contributed by atoms with E-state index in [0.29, 0.717) is 22.2 Å². The Morgan fingerprint density at radius 1 is 0.960 bits per heavy atom. The summed E-state index contributed by atoms with van der Waals surface area (Å²) in [6, 6.07) is 19.0. The van der Waals surface area contributed by atoms with Crippen molar-refractivity contribution in [3.8, 4) is 0 Å². The van der Waals surface area contributed by atoms with Gasteiger partial charge >= 0.3 is 0 Å². The number of para-hydroxylation sites is 1. The predicted molar refractivity (Wildman–Crippen MR) is 104 cm³/mol. The minimum Gasteiger partial charge on any atom is -0.366 e. The number of carbonyl (C=O) groups excluding carboxylic acids is 1. The molecule has 1 amide bonds. The van der Waals surface area contributed by atoms with Crippen LogP contribution in [0.25, 0.3) is 21.8 Å². The van der Waals surface area contributed by atoms with Gasteiger partial charge in [-0.3, -0.25) is 4.79 Å². The molecule has 0 fully saturated rings. The average molecular weight is 369 g/mol. The third-order valence-electron chi connectivity index (χ3n) is 4.40. The van der Waals surface area contributed by atoms with Crippen LogP contribution in [0, 0.1) is 0 Å². The maximum atomic E-state index is 11.9. The van der Waals surface area contributed by atoms with Crippen molar-refractivity contribution in [1.82, 2.24) is 4.57 Å². The van der Waals surface area contributed by atoms with E-state index in [0.717, 1.165) is 27.4 Å². The first-order valence-corrected chi connectivity index (χ1v) is 8.55. The van der Waals surface area contributed by atoms with E-state index in [1.54, 1.807) is 18.2 Å². The number of fused-ring (bicyclic) bond motifs is 3. The molecule has 25 heavy (non-hydrogen) atoms. The fourth-order valence-corrected chi connectivity index (χ4v) is 3.68. The fraction of sp³-hybridized carbons (Fsp3) is 0.0500. The third kappa shape index (κ3) is 2.66. The van der Waals surface area contributed by atoms with Gasteiger partial charge in [0.15, 0.2) is 0 Å². The van der Waals surface area contributed by atoms with Crippen molar-refractivity contribution in [2.24, 2.45) is 5.73 Å². The van der Waals surface area contributed by atoms with Gasteiger partial charge in [0.1, 0.15) is 0 Å². The van der Waals surface area contributed by atoms with Crippen LogP contribution in [0.5, 0.6) is 0 Å². The highest BCUT2D eigenvalue weighted by atomic mass is 35.5. The molecule has 1 aromatic heterocycles. The van der Waals surface area contributed by atoms with Crippen molar-refractivity contribution < 1.29 is 4.79 Å². The molecule has 2 N–H and O–H groups in total. The summed E-state index contributed by atoms with van der Waals surface area (Å²) in [6.07, 6.45) is 0. The van der Waals surface area contributed by atoms with Crippen molar-refractivity contribution in [3.63, 3.8) is 0 Å². The molecule has 0 aliphatic carbocycles. The standard InChI is InChI=1S/C20H14Cl2N2O/c21-13-8-9-16(22)12(10-13)11-24-17-6-2-1-4-14(17)19-15(20(23)25)5-3-7-18(19)24/h1-10H,11H2,(H2,23,25). The van der Waals surface area contributed by atoms with Crippen LogP contribution in [0.15, 0.2) is 60.7 Å². The Balaban J connectivity index is 2.04. The number of primary amides is 1. The number of halogens is 2. The Labute approximate surface area is 154 Å². The Morgan fingerprint density at radius 2 is 1.72 bits per heavy atom. The van der Waals surface area contributed by atoms with Crippen molar-refractivity contribution in [3.05, 3.63) is 81.8 Å². The molecular formula is C20H14Cl2N2O. The van der Waals surface area contributed by atoms with Gasteiger partial charge in [0.2, 0.25) is 5.91 Å². The molecule has 0 unspecified atom stereocenters. The molecule has 0 bridgehead atoms. The SMILES string of the molecule is NC(=O)c1cccc2c1c1ccccc1n2Cc1cc(Cl)ccc1Cl. The summed E-state index contributed by atoms with van der Waals surface area (Å²) < 4.78 is 2.13. The monoisotopic (exact) mass is 368 g/mol. The van der Waals surface area contributed by atoms with Crippen molar-refractivity contribution in [2.45, 2.75) is 6.54 Å². The highest BCUT2D eigenvalue weighted by Crippen LogP contribution is 2.33. The third-order valence-corrected chi connectivity index (χ3v) is 5.00. The zero-order valence-electron chi connectivity index (χ0n) is 13.2. The lowest BCUT2D eigenvalue weighted by Crippen LogP contribution is -2.11. The molecule has 0 saturated heterocycles. The van der Waals surface area contributed by atoms with Crippen LogP contribution < -0.4 is 5.73 Å². The molecule has 0 aliphatic rings. The molecule has 5 heteroatoms. The van der Waals surface area contributed by atoms with E-state index in [-0.39, 0.29) is 0 Å². The summed E-state index contributed by atoms with van der Waals surface area (Å²) in [5.74, 6) is -0.436. The largest absolute Gasteiger partial charge is 0.366 e. The van der Waals surface area contributed by atoms with E-state index in [9.17, 15) is 4.79 Å². The van der Waals surface area contributed by atoms with E-state index in [2.05, 4.69) is 4.57 Å². The second-order valence-corrected chi connectivity index (χ2v) is 6.75. The summed E-state index contributed by atoms with van der Waals surface area (Å²) in [4.78, 5) is 11.9. The summed E-state index contributed by atoms with van der Waals surface area (Å²) in [5, 5.41) is 3.15. The van der Waals surface area contributed by atoms with Crippen LogP contribution in [0.2, 0.25) is 10.0 Å². The number of rotatable bonds is 3. The van der Waals surface area contributed by atoms with Crippen LogP contribution in [-0.4, -0.2) is 10.5 Å². The minimum atomic E-state index is -0.436. The van der Waals surface area contributed by atoms with Gasteiger partial charge in [-0.1, -0.05) is 47.5 Å². The lowest BCUT2D eigenvalue weighted by Gasteiger charge is -2.10. The van der Waals surface area contributed by atoms with Gasteiger partial charge in [0, 0.05) is 38.4 Å². The van der Waals surface area contributed by atoms with Crippen LogP contribution in [0.4, 0.5) is 0 Å². The zero-order valence-corrected chi connectivity index (χ0v) is 14.7. The second-order valence-electron chi connectivity index (χ2n) is 5.90. The normalized spacial score (nSPS) is 11.3. The fourth-order valence-electron chi connectivity index (χ4n) is 3.31. The number of hydrogen-bond donors (Lipinski definition) is 1. The van der Waals surface area contributed by atoms with Crippen molar-refractivity contribution in [1.29, 1.82) is 0 Å². The molecule has 0 atom stereocenters. The molecule has 1 heterocycles. The molecule has 3 nitrogen and oxygen atoms in total. The predicted octanol–water partition coefficient (Wildman–Crippen LogP) is 5.25. The quantitative estimate of drug-likeness (QED) is 0.527. The van der Waals surface area contributed by atoms with Crippen LogP contribution >= 0.6 is 23.2 Å². The number of nitrogens with two attached hydrogens (primary N) is 1. The van der Waals surface area contributed by atoms with Gasteiger partial charge in [0.05, 0.1) is 5.52 Å². The van der Waals surface area contributed by atoms with E-state index in [4.69, 9.17) is 28.9 Å². The van der Waals surface area contributed by atoms with Crippen molar-refractivity contribution >= 4 is 50.9 Å². The maximum Gasteiger partial charge on any atom is 0.249 e. The second kappa shape index (κ2) is 6.10. The lowest BCUT2D eigenvalue weighted by atomic mass is 10.1. The Morgan fingerprint density at radius 3 is 2.52 bits per heavy atom. The molecule has 0 aliphatic heterocycles. The number of carbonyl (C=O) groups is 1. The summed E-state index contributed by atoms with van der Waals surface area (Å²) in [5.41, 5.74) is 8.98. The van der Waals surface area contributed by atoms with Crippen molar-refractivity contribution in [2.75, 3.05) is 0 Å². The number of hydrogen-bond acceptors (Lipinski definition) is 1. The van der Waals surface area contributed by atoms with E-state index < -0.39 is 5.91 Å². The first-order chi connectivity index (χ1) is 12.1. The molecule has 4 aromatic rings. The first-order valence-electron chi connectivity index (χ1n) is 7.80. The van der Waals surface area contributed by atoms with E-state index in [1.807, 2.05) is 42.5 Å². The van der Waals surface area contributed by atoms with Crippen LogP contribution in [-0.2, 0) is 6.54 Å². The Kier molecular flexibility index (Phi) is 3.91. The number of amides is 1. The molecular weight excluding hydrogens is 355 g/mol. The molecule has 0 saturated carbocycles. The highest BCUT2D eigenvalue weighted by molar-refractivity contribution is 6.33. The molecule has 0 radical (unpaired) electrons. The smallest absolute Gasteiger partial charge is 0.249 e. The number of aromatic nitrogens is 1. The molecule has 124 valence electrons. The Hall–Kier alpha value is -2.49. The molecule has 0 spiro atoms. The lowest BCUT2D eigenvalue weighted by molar-refractivity contribution is 0.100. The van der Waals surface area contributed by atoms with Gasteiger partial charge in [-0.2, -0.15) is 0 Å². The maximum absolute atomic E-state index is 11.9. The average Bonchev–Trinajstić information content (AvgIpc) is 2.92. The molecule has 3 aromatic carbocycles. The summed E-state index contributed by atoms with van der Waals surface area (Å²) in [7, 11) is 0. The highest BCUT2D eigenvalue weighted by Gasteiger charge is 2.16. The van der Waals surface area contributed by atoms with Crippen LogP contribution in [0.1, 0.15) is 15.9 Å². The molecule has 4 rings (SSSR count). The summed E-state index contributed by atoms with van der Waals surface area (Å²) in [6.45, 7) is 0.547. The van der Waals surface area contributed by atoms with Gasteiger partial charge in [-0.05, 0) is 42.0 Å². The summed E-state index contributed by atoms with van der Waals surface area (Å²) >= 11 is 12.5. The van der Waals surface area contributed by atoms with Gasteiger partial charge in [-0.25, -0.2) is 0 Å². The number of benzene rings is 3. The van der Waals surface area contributed by atoms with Gasteiger partial charge in [0.25, 0.3) is 0 Å². The van der Waals surface area contributed by atoms with E-state index in [1.165, 1.54) is 0 Å². The van der Waals surface area contributed by atoms with Gasteiger partial charge < -0.3 is 10.3 Å². The number of nitrogens with zero attached hydrogens (tertiary/aromatic N) is 1. The Bertz CT molecular complexity index is 1130. The van der Waals surface area contributed by atoms with E-state index >= 15 is 0 Å². The first kappa shape index (κ1) is 16.0. The van der Waals surface area contributed by atoms with Crippen LogP contribution in [0.3, 0.4) is 0 Å².